The monoisotopic (exact) mass is 410 g/mol. The maximum absolute atomic E-state index is 6.00. The summed E-state index contributed by atoms with van der Waals surface area (Å²) in [5, 5.41) is 3.32. The second-order valence-electron chi connectivity index (χ2n) is 5.88. The average molecular weight is 411 g/mol. The Hall–Kier alpha value is -2.51. The van der Waals surface area contributed by atoms with Crippen molar-refractivity contribution >= 4 is 0 Å². The lowest BCUT2D eigenvalue weighted by molar-refractivity contribution is -0.00000732. The normalized spacial score (nSPS) is 14.6. The number of nitrogens with one attached hydrogen (secondary N) is 1. The molecule has 0 saturated heterocycles. The predicted octanol–water partition coefficient (Wildman–Crippen LogP) is -0.475. The molecule has 0 amide bonds. The third-order valence-electron chi connectivity index (χ3n) is 4.15. The fourth-order valence-corrected chi connectivity index (χ4v) is 2.82. The summed E-state index contributed by atoms with van der Waals surface area (Å²) < 4.78 is 33.6. The molecule has 0 saturated carbocycles. The van der Waals surface area contributed by atoms with Crippen LogP contribution >= 0.6 is 0 Å². The van der Waals surface area contributed by atoms with Crippen LogP contribution in [0.3, 0.4) is 0 Å². The molecule has 3 rings (SSSR count). The zero-order valence-electron chi connectivity index (χ0n) is 16.2. The molecular formula is C20H25ClNO6-. The number of methoxy groups -OCH3 is 3. The molecule has 2 aromatic rings. The molecule has 1 aliphatic rings. The van der Waals surface area contributed by atoms with Gasteiger partial charge in [-0.1, -0.05) is 12.1 Å². The Morgan fingerprint density at radius 1 is 0.964 bits per heavy atom. The first kappa shape index (κ1) is 21.8. The minimum atomic E-state index is -0.102. The predicted molar refractivity (Wildman–Crippen MR) is 101 cm³/mol. The quantitative estimate of drug-likeness (QED) is 0.560. The summed E-state index contributed by atoms with van der Waals surface area (Å²) in [6.45, 7) is 2.21. The molecule has 0 unspecified atom stereocenters. The molecular weight excluding hydrogens is 386 g/mol. The summed E-state index contributed by atoms with van der Waals surface area (Å²) >= 11 is 0. The van der Waals surface area contributed by atoms with Crippen LogP contribution in [-0.4, -0.2) is 53.7 Å². The van der Waals surface area contributed by atoms with Crippen molar-refractivity contribution in [2.24, 2.45) is 0 Å². The van der Waals surface area contributed by atoms with Gasteiger partial charge in [-0.25, -0.2) is 0 Å². The van der Waals surface area contributed by atoms with Crippen molar-refractivity contribution in [2.75, 3.05) is 47.6 Å². The standard InChI is InChI=1S/C20H25NO6.ClH/c1-22-15-6-4-7-16(23-2)19(15)25-11-10-21-12-14-13-26-18-9-5-8-17(24-3)20(18)27-14;/h4-9,14,21H,10-13H2,1-3H3;1H/p-1/t14-;/m0./s1. The van der Waals surface area contributed by atoms with Crippen LogP contribution in [0.1, 0.15) is 0 Å². The molecule has 7 nitrogen and oxygen atoms in total. The zero-order chi connectivity index (χ0) is 19.1. The summed E-state index contributed by atoms with van der Waals surface area (Å²) in [7, 11) is 4.82. The van der Waals surface area contributed by atoms with Gasteiger partial charge < -0.3 is 46.1 Å². The molecule has 0 bridgehead atoms. The summed E-state index contributed by atoms with van der Waals surface area (Å²) in [5.41, 5.74) is 0. The van der Waals surface area contributed by atoms with Crippen molar-refractivity contribution in [1.29, 1.82) is 0 Å². The number of para-hydroxylation sites is 2. The molecule has 1 heterocycles. The van der Waals surface area contributed by atoms with E-state index in [1.165, 1.54) is 0 Å². The van der Waals surface area contributed by atoms with Gasteiger partial charge in [-0.3, -0.25) is 0 Å². The molecule has 28 heavy (non-hydrogen) atoms. The molecule has 1 N–H and O–H groups in total. The molecule has 1 aliphatic heterocycles. The van der Waals surface area contributed by atoms with Crippen LogP contribution in [-0.2, 0) is 0 Å². The molecule has 0 aliphatic carbocycles. The van der Waals surface area contributed by atoms with Crippen LogP contribution in [0.2, 0.25) is 0 Å². The maximum Gasteiger partial charge on any atom is 0.204 e. The molecule has 1 atom stereocenters. The minimum absolute atomic E-state index is 0. The van der Waals surface area contributed by atoms with Crippen molar-refractivity contribution in [3.8, 4) is 34.5 Å². The van der Waals surface area contributed by atoms with Gasteiger partial charge in [0.2, 0.25) is 11.5 Å². The Labute approximate surface area is 171 Å². The highest BCUT2D eigenvalue weighted by atomic mass is 35.5. The van der Waals surface area contributed by atoms with Crippen molar-refractivity contribution in [2.45, 2.75) is 6.10 Å². The number of benzene rings is 2. The Morgan fingerprint density at radius 2 is 1.61 bits per heavy atom. The fraction of sp³-hybridized carbons (Fsp3) is 0.400. The van der Waals surface area contributed by atoms with Crippen LogP contribution < -0.4 is 46.1 Å². The fourth-order valence-electron chi connectivity index (χ4n) is 2.82. The van der Waals surface area contributed by atoms with Crippen molar-refractivity contribution in [3.05, 3.63) is 36.4 Å². The van der Waals surface area contributed by atoms with Crippen LogP contribution in [0.15, 0.2) is 36.4 Å². The molecule has 2 aromatic carbocycles. The van der Waals surface area contributed by atoms with Gasteiger partial charge in [-0.2, -0.15) is 0 Å². The van der Waals surface area contributed by atoms with Gasteiger partial charge in [0.15, 0.2) is 23.0 Å². The van der Waals surface area contributed by atoms with Crippen LogP contribution in [0.4, 0.5) is 0 Å². The van der Waals surface area contributed by atoms with Crippen molar-refractivity contribution < 1.29 is 40.8 Å². The van der Waals surface area contributed by atoms with Crippen molar-refractivity contribution in [1.82, 2.24) is 5.32 Å². The van der Waals surface area contributed by atoms with E-state index in [1.54, 1.807) is 21.3 Å². The topological polar surface area (TPSA) is 67.4 Å². The summed E-state index contributed by atoms with van der Waals surface area (Å²) in [5.74, 6) is 3.90. The van der Waals surface area contributed by atoms with Gasteiger partial charge >= 0.3 is 0 Å². The molecule has 0 spiro atoms. The second-order valence-corrected chi connectivity index (χ2v) is 5.88. The zero-order valence-corrected chi connectivity index (χ0v) is 17.0. The van der Waals surface area contributed by atoms with E-state index in [2.05, 4.69) is 5.32 Å². The minimum Gasteiger partial charge on any atom is -1.00 e. The van der Waals surface area contributed by atoms with Gasteiger partial charge in [0.25, 0.3) is 0 Å². The smallest absolute Gasteiger partial charge is 0.204 e. The molecule has 154 valence electrons. The lowest BCUT2D eigenvalue weighted by Crippen LogP contribution is -3.00. The molecule has 0 aromatic heterocycles. The van der Waals surface area contributed by atoms with E-state index in [1.807, 2.05) is 36.4 Å². The number of ether oxygens (including phenoxy) is 6. The van der Waals surface area contributed by atoms with Gasteiger partial charge in [0.05, 0.1) is 21.3 Å². The molecule has 0 fully saturated rings. The number of hydrogen-bond donors (Lipinski definition) is 1. The number of rotatable bonds is 9. The largest absolute Gasteiger partial charge is 1.00 e. The van der Waals surface area contributed by atoms with E-state index in [9.17, 15) is 0 Å². The van der Waals surface area contributed by atoms with Gasteiger partial charge in [-0.15, -0.1) is 0 Å². The number of hydrogen-bond acceptors (Lipinski definition) is 7. The van der Waals surface area contributed by atoms with Crippen LogP contribution in [0.5, 0.6) is 34.5 Å². The summed E-state index contributed by atoms with van der Waals surface area (Å²) in [4.78, 5) is 0. The Bertz CT molecular complexity index is 721. The Kier molecular flexibility index (Phi) is 8.35. The SMILES string of the molecule is COc1cccc(OC)c1OCCNC[C@H]1COc2cccc(OC)c2O1.[Cl-]. The molecule has 0 radical (unpaired) electrons. The first-order valence-corrected chi connectivity index (χ1v) is 8.77. The van der Waals surface area contributed by atoms with Gasteiger partial charge in [0, 0.05) is 13.1 Å². The summed E-state index contributed by atoms with van der Waals surface area (Å²) in [6, 6.07) is 11.1. The van der Waals surface area contributed by atoms with E-state index < -0.39 is 0 Å². The van der Waals surface area contributed by atoms with E-state index >= 15 is 0 Å². The number of halogens is 1. The first-order chi connectivity index (χ1) is 13.3. The first-order valence-electron chi connectivity index (χ1n) is 8.77. The van der Waals surface area contributed by atoms with E-state index in [0.717, 1.165) is 0 Å². The third kappa shape index (κ3) is 5.05. The highest BCUT2D eigenvalue weighted by Gasteiger charge is 2.23. The lowest BCUT2D eigenvalue weighted by atomic mass is 10.2. The van der Waals surface area contributed by atoms with E-state index in [-0.39, 0.29) is 18.5 Å². The molecule has 8 heteroatoms. The number of fused-ring (bicyclic) bond motifs is 1. The second kappa shape index (κ2) is 10.7. The highest BCUT2D eigenvalue weighted by Crippen LogP contribution is 2.40. The van der Waals surface area contributed by atoms with E-state index in [4.69, 9.17) is 28.4 Å². The highest BCUT2D eigenvalue weighted by molar-refractivity contribution is 5.52. The third-order valence-corrected chi connectivity index (χ3v) is 4.15. The Balaban J connectivity index is 0.00000280. The van der Waals surface area contributed by atoms with E-state index in [0.29, 0.717) is 60.8 Å². The summed E-state index contributed by atoms with van der Waals surface area (Å²) in [6.07, 6.45) is -0.102. The van der Waals surface area contributed by atoms with Crippen molar-refractivity contribution in [3.63, 3.8) is 0 Å². The Morgan fingerprint density at radius 3 is 2.29 bits per heavy atom. The average Bonchev–Trinajstić information content (AvgIpc) is 2.72. The van der Waals surface area contributed by atoms with Gasteiger partial charge in [-0.05, 0) is 24.3 Å². The maximum atomic E-state index is 6.00. The van der Waals surface area contributed by atoms with Gasteiger partial charge in [0.1, 0.15) is 19.3 Å². The van der Waals surface area contributed by atoms with Crippen LogP contribution in [0.25, 0.3) is 0 Å². The van der Waals surface area contributed by atoms with Crippen LogP contribution in [0, 0.1) is 0 Å². The lowest BCUT2D eigenvalue weighted by Gasteiger charge is -2.27.